The van der Waals surface area contributed by atoms with Crippen LogP contribution < -0.4 is 0 Å². The van der Waals surface area contributed by atoms with Crippen molar-refractivity contribution in [1.82, 2.24) is 3.94 Å². The molecule has 3 N–H and O–H groups in total. The summed E-state index contributed by atoms with van der Waals surface area (Å²) in [5.74, 6) is -0.736. The molecule has 0 heterocycles. The summed E-state index contributed by atoms with van der Waals surface area (Å²) >= 11 is 10.6. The van der Waals surface area contributed by atoms with Gasteiger partial charge in [-0.05, 0) is 35.9 Å². The first-order chi connectivity index (χ1) is 6.68. The standard InChI is InChI=1S/C6H11Cl2NO2.HO3P/c1-4(2)3-5(6(10)11)9(7)8;1-4(2)3/h4-5H,3H2,1-2H3,(H,10,11);(H-,1,2,3)/p+1. The van der Waals surface area contributed by atoms with Crippen molar-refractivity contribution < 1.29 is 24.3 Å². The van der Waals surface area contributed by atoms with Gasteiger partial charge in [-0.25, -0.2) is 0 Å². The summed E-state index contributed by atoms with van der Waals surface area (Å²) < 4.78 is 9.39. The summed E-state index contributed by atoms with van der Waals surface area (Å²) in [4.78, 5) is 24.7. The summed E-state index contributed by atoms with van der Waals surface area (Å²) in [6.45, 7) is 3.82. The van der Waals surface area contributed by atoms with Crippen molar-refractivity contribution in [3.8, 4) is 0 Å². The highest BCUT2D eigenvalue weighted by molar-refractivity contribution is 7.30. The Morgan fingerprint density at radius 3 is 1.80 bits per heavy atom. The number of carboxylic acid groups (broad SMARTS) is 1. The largest absolute Gasteiger partial charge is 0.692 e. The number of hydrogen-bond donors (Lipinski definition) is 3. The lowest BCUT2D eigenvalue weighted by molar-refractivity contribution is -0.140. The lowest BCUT2D eigenvalue weighted by atomic mass is 10.1. The van der Waals surface area contributed by atoms with E-state index in [-0.39, 0.29) is 5.92 Å². The average molecular weight is 281 g/mol. The maximum atomic E-state index is 10.5. The molecule has 0 aromatic rings. The zero-order valence-electron chi connectivity index (χ0n) is 8.17. The molecular weight excluding hydrogens is 268 g/mol. The van der Waals surface area contributed by atoms with E-state index < -0.39 is 20.3 Å². The SMILES string of the molecule is CC(C)CC(C(=O)O)N(Cl)Cl.O=[P+](O)O. The van der Waals surface area contributed by atoms with E-state index in [0.29, 0.717) is 10.4 Å². The smallest absolute Gasteiger partial charge is 0.480 e. The Morgan fingerprint density at radius 2 is 1.73 bits per heavy atom. The van der Waals surface area contributed by atoms with Crippen molar-refractivity contribution in [2.45, 2.75) is 26.3 Å². The van der Waals surface area contributed by atoms with E-state index in [4.69, 9.17) is 43.0 Å². The Balaban J connectivity index is 0. The highest BCUT2D eigenvalue weighted by Gasteiger charge is 2.23. The van der Waals surface area contributed by atoms with E-state index in [1.807, 2.05) is 13.8 Å². The van der Waals surface area contributed by atoms with Gasteiger partial charge in [0, 0.05) is 4.57 Å². The molecule has 0 radical (unpaired) electrons. The van der Waals surface area contributed by atoms with Crippen molar-refractivity contribution in [1.29, 1.82) is 0 Å². The Hall–Kier alpha value is 0.0300. The van der Waals surface area contributed by atoms with Gasteiger partial charge >= 0.3 is 14.2 Å². The van der Waals surface area contributed by atoms with Gasteiger partial charge in [-0.3, -0.25) is 4.79 Å². The lowest BCUT2D eigenvalue weighted by Gasteiger charge is -2.16. The molecule has 6 nitrogen and oxygen atoms in total. The third-order valence-corrected chi connectivity index (χ3v) is 1.69. The van der Waals surface area contributed by atoms with E-state index in [0.717, 1.165) is 0 Å². The number of hydrogen-bond acceptors (Lipinski definition) is 3. The van der Waals surface area contributed by atoms with Crippen LogP contribution in [0.1, 0.15) is 20.3 Å². The molecule has 0 rings (SSSR count). The van der Waals surface area contributed by atoms with Gasteiger partial charge in [-0.15, -0.1) is 13.7 Å². The minimum absolute atomic E-state index is 0.260. The van der Waals surface area contributed by atoms with Gasteiger partial charge in [0.05, 0.1) is 0 Å². The van der Waals surface area contributed by atoms with Gasteiger partial charge in [0.25, 0.3) is 0 Å². The fraction of sp³-hybridized carbons (Fsp3) is 0.833. The van der Waals surface area contributed by atoms with Gasteiger partial charge < -0.3 is 5.11 Å². The topological polar surface area (TPSA) is 98.1 Å². The van der Waals surface area contributed by atoms with Gasteiger partial charge in [-0.1, -0.05) is 13.8 Å². The van der Waals surface area contributed by atoms with Crippen molar-refractivity contribution in [2.24, 2.45) is 5.92 Å². The highest BCUT2D eigenvalue weighted by Crippen LogP contribution is 2.15. The van der Waals surface area contributed by atoms with Crippen LogP contribution in [0.15, 0.2) is 0 Å². The van der Waals surface area contributed by atoms with Crippen LogP contribution in [-0.4, -0.2) is 30.8 Å². The number of carbonyl (C=O) groups is 1. The molecule has 0 spiro atoms. The predicted octanol–water partition coefficient (Wildman–Crippen LogP) is 1.72. The van der Waals surface area contributed by atoms with Crippen LogP contribution in [0.4, 0.5) is 0 Å². The van der Waals surface area contributed by atoms with Gasteiger partial charge in [0.1, 0.15) is 6.04 Å². The molecule has 0 aromatic heterocycles. The lowest BCUT2D eigenvalue weighted by Crippen LogP contribution is -2.30. The van der Waals surface area contributed by atoms with E-state index in [1.165, 1.54) is 0 Å². The minimum Gasteiger partial charge on any atom is -0.480 e. The molecular formula is C6H13Cl2NO5P+. The number of nitrogens with zero attached hydrogens (tertiary/aromatic N) is 1. The second-order valence-electron chi connectivity index (χ2n) is 3.00. The van der Waals surface area contributed by atoms with Gasteiger partial charge in [-0.2, -0.15) is 0 Å². The van der Waals surface area contributed by atoms with Crippen LogP contribution in [0.3, 0.4) is 0 Å². The first kappa shape index (κ1) is 17.4. The van der Waals surface area contributed by atoms with Crippen LogP contribution in [0, 0.1) is 5.92 Å². The molecule has 90 valence electrons. The van der Waals surface area contributed by atoms with Crippen molar-refractivity contribution in [3.63, 3.8) is 0 Å². The van der Waals surface area contributed by atoms with Crippen molar-refractivity contribution >= 4 is 37.8 Å². The van der Waals surface area contributed by atoms with Crippen LogP contribution >= 0.6 is 31.8 Å². The second kappa shape index (κ2) is 9.27. The molecule has 1 atom stereocenters. The minimum atomic E-state index is -2.87. The van der Waals surface area contributed by atoms with E-state index in [2.05, 4.69) is 0 Å². The maximum Gasteiger partial charge on any atom is 0.692 e. The molecule has 0 fully saturated rings. The quantitative estimate of drug-likeness (QED) is 0.536. The van der Waals surface area contributed by atoms with Crippen LogP contribution in [0.2, 0.25) is 0 Å². The summed E-state index contributed by atoms with van der Waals surface area (Å²) in [6.07, 6.45) is 0.447. The Kier molecular flexibility index (Phi) is 10.8. The molecule has 1 unspecified atom stereocenters. The summed E-state index contributed by atoms with van der Waals surface area (Å²) in [5.41, 5.74) is 0. The number of carboxylic acids is 1. The molecule has 0 amide bonds. The fourth-order valence-corrected chi connectivity index (χ4v) is 1.04. The molecule has 0 aliphatic carbocycles. The zero-order valence-corrected chi connectivity index (χ0v) is 10.6. The van der Waals surface area contributed by atoms with Gasteiger partial charge in [0.2, 0.25) is 0 Å². The number of aliphatic carboxylic acids is 1. The molecule has 0 aliphatic rings. The van der Waals surface area contributed by atoms with Gasteiger partial charge in [0.15, 0.2) is 0 Å². The summed E-state index contributed by atoms with van der Waals surface area (Å²) in [5, 5.41) is 8.58. The zero-order chi connectivity index (χ0) is 12.6. The molecule has 0 aliphatic heterocycles. The van der Waals surface area contributed by atoms with E-state index >= 15 is 0 Å². The van der Waals surface area contributed by atoms with Crippen molar-refractivity contribution in [3.05, 3.63) is 0 Å². The normalized spacial score (nSPS) is 12.0. The Bertz CT molecular complexity index is 210. The molecule has 0 aromatic carbocycles. The molecule has 15 heavy (non-hydrogen) atoms. The first-order valence-corrected chi connectivity index (χ1v) is 5.71. The monoisotopic (exact) mass is 280 g/mol. The van der Waals surface area contributed by atoms with E-state index in [1.54, 1.807) is 0 Å². The third kappa shape index (κ3) is 14.0. The summed E-state index contributed by atoms with van der Waals surface area (Å²) in [6, 6.07) is -0.807. The van der Waals surface area contributed by atoms with Crippen LogP contribution in [-0.2, 0) is 9.36 Å². The summed E-state index contributed by atoms with van der Waals surface area (Å²) in [7, 11) is -2.87. The molecule has 0 saturated heterocycles. The molecule has 9 heteroatoms. The molecule has 0 bridgehead atoms. The highest BCUT2D eigenvalue weighted by atomic mass is 35.5. The predicted molar refractivity (Wildman–Crippen MR) is 56.5 cm³/mol. The second-order valence-corrected chi connectivity index (χ2v) is 4.40. The Morgan fingerprint density at radius 1 is 1.40 bits per heavy atom. The maximum absolute atomic E-state index is 10.5. The molecule has 0 saturated carbocycles. The Labute approximate surface area is 98.6 Å². The third-order valence-electron chi connectivity index (χ3n) is 1.22. The first-order valence-electron chi connectivity index (χ1n) is 3.87. The number of halogens is 2. The number of rotatable bonds is 4. The van der Waals surface area contributed by atoms with Crippen LogP contribution in [0.25, 0.3) is 0 Å². The van der Waals surface area contributed by atoms with Crippen molar-refractivity contribution in [2.75, 3.05) is 0 Å². The average Bonchev–Trinajstić information content (AvgIpc) is 1.97. The van der Waals surface area contributed by atoms with Crippen LogP contribution in [0.5, 0.6) is 0 Å². The van der Waals surface area contributed by atoms with E-state index in [9.17, 15) is 4.79 Å². The fourth-order valence-electron chi connectivity index (χ4n) is 0.711.